The second-order valence-corrected chi connectivity index (χ2v) is 7.19. The molecule has 0 radical (unpaired) electrons. The summed E-state index contributed by atoms with van der Waals surface area (Å²) >= 11 is 0. The molecule has 0 atom stereocenters. The van der Waals surface area contributed by atoms with Crippen LogP contribution in [-0.2, 0) is 19.5 Å². The number of para-hydroxylation sites is 1. The smallest absolute Gasteiger partial charge is 0.191 e. The fourth-order valence-corrected chi connectivity index (χ4v) is 3.56. The minimum absolute atomic E-state index is 0. The Labute approximate surface area is 200 Å². The third-order valence-electron chi connectivity index (χ3n) is 5.08. The van der Waals surface area contributed by atoms with E-state index in [2.05, 4.69) is 86.8 Å². The third kappa shape index (κ3) is 6.10. The van der Waals surface area contributed by atoms with Crippen LogP contribution in [-0.4, -0.2) is 33.6 Å². The highest BCUT2D eigenvalue weighted by molar-refractivity contribution is 14.0. The molecule has 0 fully saturated rings. The van der Waals surface area contributed by atoms with Crippen molar-refractivity contribution < 1.29 is 0 Å². The van der Waals surface area contributed by atoms with Crippen LogP contribution in [0.15, 0.2) is 78.2 Å². The van der Waals surface area contributed by atoms with Crippen LogP contribution >= 0.6 is 24.0 Å². The van der Waals surface area contributed by atoms with Gasteiger partial charge in [0.2, 0.25) is 0 Å². The molecule has 0 bridgehead atoms. The van der Waals surface area contributed by atoms with Gasteiger partial charge in [0.25, 0.3) is 0 Å². The normalized spacial score (nSPS) is 11.3. The zero-order valence-corrected chi connectivity index (χ0v) is 20.0. The fraction of sp³-hybridized carbons (Fsp3) is 0.250. The van der Waals surface area contributed by atoms with Gasteiger partial charge in [0.05, 0.1) is 0 Å². The molecule has 0 aliphatic rings. The van der Waals surface area contributed by atoms with E-state index in [0.717, 1.165) is 37.8 Å². The quantitative estimate of drug-likeness (QED) is 0.181. The van der Waals surface area contributed by atoms with Gasteiger partial charge in [-0.2, -0.15) is 0 Å². The molecule has 4 aromatic rings. The zero-order chi connectivity index (χ0) is 20.6. The standard InChI is InChI=1S/C24H28N6.HI/c1-2-25-24(27-13-12-20-16-28-22-11-7-6-10-21(20)22)29-17-23-26-14-15-30(23)18-19-8-4-3-5-9-19;/h3-11,14-16,28H,2,12-13,17-18H2,1H3,(H2,25,27,29);1H. The first kappa shape index (κ1) is 22.9. The Hall–Kier alpha value is -2.81. The van der Waals surface area contributed by atoms with Crippen molar-refractivity contribution in [2.45, 2.75) is 26.4 Å². The molecule has 0 saturated heterocycles. The number of nitrogens with one attached hydrogen (secondary N) is 3. The Bertz CT molecular complexity index is 1100. The van der Waals surface area contributed by atoms with E-state index >= 15 is 0 Å². The monoisotopic (exact) mass is 528 g/mol. The van der Waals surface area contributed by atoms with E-state index in [1.54, 1.807) is 0 Å². The Kier molecular flexibility index (Phi) is 8.52. The van der Waals surface area contributed by atoms with Gasteiger partial charge in [0.15, 0.2) is 5.96 Å². The number of nitrogens with zero attached hydrogens (tertiary/aromatic N) is 3. The van der Waals surface area contributed by atoms with Gasteiger partial charge in [-0.25, -0.2) is 9.98 Å². The molecule has 0 aliphatic heterocycles. The molecule has 2 aromatic heterocycles. The zero-order valence-electron chi connectivity index (χ0n) is 17.7. The van der Waals surface area contributed by atoms with Gasteiger partial charge in [-0.15, -0.1) is 24.0 Å². The van der Waals surface area contributed by atoms with Crippen LogP contribution in [0.4, 0.5) is 0 Å². The summed E-state index contributed by atoms with van der Waals surface area (Å²) in [6, 6.07) is 18.8. The highest BCUT2D eigenvalue weighted by Crippen LogP contribution is 2.17. The number of fused-ring (bicyclic) bond motifs is 1. The predicted molar refractivity (Wildman–Crippen MR) is 138 cm³/mol. The van der Waals surface area contributed by atoms with Crippen LogP contribution < -0.4 is 10.6 Å². The number of aliphatic imine (C=N–C) groups is 1. The summed E-state index contributed by atoms with van der Waals surface area (Å²) in [5.41, 5.74) is 3.75. The minimum atomic E-state index is 0. The van der Waals surface area contributed by atoms with Crippen molar-refractivity contribution in [1.29, 1.82) is 0 Å². The van der Waals surface area contributed by atoms with Crippen molar-refractivity contribution in [3.05, 3.63) is 90.1 Å². The van der Waals surface area contributed by atoms with Gasteiger partial charge in [-0.3, -0.25) is 0 Å². The number of guanidine groups is 1. The molecule has 0 unspecified atom stereocenters. The molecule has 0 spiro atoms. The summed E-state index contributed by atoms with van der Waals surface area (Å²) < 4.78 is 2.15. The van der Waals surface area contributed by atoms with Crippen LogP contribution in [0.5, 0.6) is 0 Å². The molecule has 3 N–H and O–H groups in total. The Balaban J connectivity index is 0.00000272. The summed E-state index contributed by atoms with van der Waals surface area (Å²) in [5.74, 6) is 1.76. The Morgan fingerprint density at radius 1 is 1.06 bits per heavy atom. The second-order valence-electron chi connectivity index (χ2n) is 7.19. The van der Waals surface area contributed by atoms with Gasteiger partial charge >= 0.3 is 0 Å². The number of H-pyrrole nitrogens is 1. The van der Waals surface area contributed by atoms with E-state index in [4.69, 9.17) is 4.99 Å². The highest BCUT2D eigenvalue weighted by atomic mass is 127. The molecule has 0 saturated carbocycles. The lowest BCUT2D eigenvalue weighted by Gasteiger charge is -2.12. The second kappa shape index (κ2) is 11.5. The molecule has 7 heteroatoms. The van der Waals surface area contributed by atoms with Crippen LogP contribution in [0.3, 0.4) is 0 Å². The number of aromatic nitrogens is 3. The van der Waals surface area contributed by atoms with Gasteiger partial charge < -0.3 is 20.2 Å². The maximum Gasteiger partial charge on any atom is 0.191 e. The van der Waals surface area contributed by atoms with Gasteiger partial charge in [-0.1, -0.05) is 48.5 Å². The van der Waals surface area contributed by atoms with Crippen molar-refractivity contribution in [3.63, 3.8) is 0 Å². The van der Waals surface area contributed by atoms with Gasteiger partial charge in [0.1, 0.15) is 12.4 Å². The molecule has 2 heterocycles. The highest BCUT2D eigenvalue weighted by Gasteiger charge is 2.06. The molecule has 31 heavy (non-hydrogen) atoms. The number of hydrogen-bond donors (Lipinski definition) is 3. The first-order valence-corrected chi connectivity index (χ1v) is 10.4. The van der Waals surface area contributed by atoms with Crippen molar-refractivity contribution in [2.75, 3.05) is 13.1 Å². The van der Waals surface area contributed by atoms with Gasteiger partial charge in [0, 0.05) is 49.1 Å². The molecular weight excluding hydrogens is 499 g/mol. The number of aromatic amines is 1. The van der Waals surface area contributed by atoms with Gasteiger partial charge in [-0.05, 0) is 30.5 Å². The SMILES string of the molecule is CCNC(=NCc1nccn1Cc1ccccc1)NCCc1c[nH]c2ccccc12.I. The molecule has 162 valence electrons. The van der Waals surface area contributed by atoms with E-state index in [1.165, 1.54) is 22.0 Å². The van der Waals surface area contributed by atoms with Crippen molar-refractivity contribution in [3.8, 4) is 0 Å². The molecule has 6 nitrogen and oxygen atoms in total. The number of hydrogen-bond acceptors (Lipinski definition) is 2. The molecule has 0 aliphatic carbocycles. The Morgan fingerprint density at radius 2 is 1.87 bits per heavy atom. The van der Waals surface area contributed by atoms with E-state index in [1.807, 2.05) is 18.5 Å². The van der Waals surface area contributed by atoms with E-state index < -0.39 is 0 Å². The molecule has 4 rings (SSSR count). The summed E-state index contributed by atoms with van der Waals surface area (Å²) in [6.45, 7) is 5.04. The minimum Gasteiger partial charge on any atom is -0.361 e. The summed E-state index contributed by atoms with van der Waals surface area (Å²) in [7, 11) is 0. The van der Waals surface area contributed by atoms with Crippen molar-refractivity contribution in [2.24, 2.45) is 4.99 Å². The van der Waals surface area contributed by atoms with Crippen LogP contribution in [0, 0.1) is 0 Å². The van der Waals surface area contributed by atoms with Crippen molar-refractivity contribution in [1.82, 2.24) is 25.2 Å². The maximum absolute atomic E-state index is 4.74. The largest absolute Gasteiger partial charge is 0.361 e. The van der Waals surface area contributed by atoms with Crippen molar-refractivity contribution >= 4 is 40.8 Å². The average molecular weight is 528 g/mol. The summed E-state index contributed by atoms with van der Waals surface area (Å²) in [6.07, 6.45) is 6.87. The number of imidazole rings is 1. The number of rotatable bonds is 8. The summed E-state index contributed by atoms with van der Waals surface area (Å²) in [4.78, 5) is 12.6. The molecule has 0 amide bonds. The van der Waals surface area contributed by atoms with E-state index in [0.29, 0.717) is 6.54 Å². The summed E-state index contributed by atoms with van der Waals surface area (Å²) in [5, 5.41) is 8.05. The van der Waals surface area contributed by atoms with Crippen LogP contribution in [0.25, 0.3) is 10.9 Å². The lowest BCUT2D eigenvalue weighted by atomic mass is 10.1. The first-order valence-electron chi connectivity index (χ1n) is 10.4. The topological polar surface area (TPSA) is 70.0 Å². The maximum atomic E-state index is 4.74. The number of halogens is 1. The molecule has 2 aromatic carbocycles. The molecular formula is C24H29IN6. The number of benzene rings is 2. The van der Waals surface area contributed by atoms with E-state index in [-0.39, 0.29) is 24.0 Å². The van der Waals surface area contributed by atoms with Crippen LogP contribution in [0.2, 0.25) is 0 Å². The predicted octanol–water partition coefficient (Wildman–Crippen LogP) is 4.33. The van der Waals surface area contributed by atoms with E-state index in [9.17, 15) is 0 Å². The third-order valence-corrected chi connectivity index (χ3v) is 5.08. The fourth-order valence-electron chi connectivity index (χ4n) is 3.56. The van der Waals surface area contributed by atoms with Crippen LogP contribution in [0.1, 0.15) is 23.9 Å². The lowest BCUT2D eigenvalue weighted by Crippen LogP contribution is -2.38. The first-order chi connectivity index (χ1) is 14.8. The Morgan fingerprint density at radius 3 is 2.71 bits per heavy atom. The average Bonchev–Trinajstić information content (AvgIpc) is 3.40. The lowest BCUT2D eigenvalue weighted by molar-refractivity contribution is 0.716.